The van der Waals surface area contributed by atoms with Crippen LogP contribution >= 0.6 is 34.8 Å². The molecule has 2 aliphatic rings. The number of rotatable bonds is 6. The van der Waals surface area contributed by atoms with E-state index in [9.17, 15) is 18.4 Å². The Kier molecular flexibility index (Phi) is 13.1. The van der Waals surface area contributed by atoms with E-state index in [1.165, 1.54) is 48.5 Å². The molecule has 6 heterocycles. The molecule has 288 valence electrons. The van der Waals surface area contributed by atoms with Crippen molar-refractivity contribution < 1.29 is 27.4 Å². The summed E-state index contributed by atoms with van der Waals surface area (Å²) in [5.41, 5.74) is 2.19. The number of halogens is 5. The average molecular weight is 814 g/mol. The Hall–Kier alpha value is -4.89. The normalized spacial score (nSPS) is 19.5. The standard InChI is InChI=1S/C19H18ClFN4O2.C12H15ClN4O.C7H4ClFO/c1-11-2-3-13(10-25(11)19(26)12-4-6-15(21)7-5-12)17-23-18(27-24-17)16-8-14(20)9-22-16;1-7-2-3-8(5-14-7)11-16-12(18-17-11)10-4-9(13)6-15-10;8-7(10)5-1-3-6(9)4-2-5/h4-9,11,13,22H,2-3,10H2,1H3;4,6-8,14-15H,2-3,5H2,1H3;1-4H/t11-,13+;7-,8+;/m11./s1. The summed E-state index contributed by atoms with van der Waals surface area (Å²) >= 11 is 16.9. The lowest BCUT2D eigenvalue weighted by Gasteiger charge is -2.37. The van der Waals surface area contributed by atoms with E-state index in [1.807, 2.05) is 6.92 Å². The Morgan fingerprint density at radius 3 is 1.73 bits per heavy atom. The molecule has 3 N–H and O–H groups in total. The average Bonchev–Trinajstić information content (AvgIpc) is 4.01. The third kappa shape index (κ3) is 10.5. The molecule has 2 saturated heterocycles. The number of carbonyl (C=O) groups excluding carboxylic acids is 2. The third-order valence-electron chi connectivity index (χ3n) is 9.34. The van der Waals surface area contributed by atoms with E-state index in [0.29, 0.717) is 63.0 Å². The first-order valence-corrected chi connectivity index (χ1v) is 18.7. The van der Waals surface area contributed by atoms with Crippen LogP contribution in [0.5, 0.6) is 0 Å². The molecular formula is C38H37Cl3F2N8O4. The maximum atomic E-state index is 13.1. The lowest BCUT2D eigenvalue weighted by molar-refractivity contribution is 0.0604. The van der Waals surface area contributed by atoms with Crippen LogP contribution in [0.3, 0.4) is 0 Å². The van der Waals surface area contributed by atoms with Gasteiger partial charge in [0.15, 0.2) is 11.6 Å². The summed E-state index contributed by atoms with van der Waals surface area (Å²) < 4.78 is 35.9. The van der Waals surface area contributed by atoms with Gasteiger partial charge in [0.25, 0.3) is 22.9 Å². The molecule has 8 rings (SSSR count). The number of carbonyl (C=O) groups is 2. The number of piperidine rings is 2. The first-order valence-electron chi connectivity index (χ1n) is 17.5. The monoisotopic (exact) mass is 812 g/mol. The van der Waals surface area contributed by atoms with E-state index in [4.69, 9.17) is 43.8 Å². The van der Waals surface area contributed by atoms with Crippen LogP contribution in [0.2, 0.25) is 10.0 Å². The number of hydrogen-bond acceptors (Lipinski definition) is 9. The van der Waals surface area contributed by atoms with Crippen molar-refractivity contribution in [3.8, 4) is 23.2 Å². The van der Waals surface area contributed by atoms with Gasteiger partial charge in [0.05, 0.1) is 10.0 Å². The Morgan fingerprint density at radius 1 is 0.745 bits per heavy atom. The number of nitrogens with zero attached hydrogens (tertiary/aromatic N) is 5. The maximum Gasteiger partial charge on any atom is 0.274 e. The van der Waals surface area contributed by atoms with Crippen LogP contribution in [0.4, 0.5) is 8.78 Å². The molecule has 6 aromatic rings. The van der Waals surface area contributed by atoms with Gasteiger partial charge in [-0.05, 0) is 112 Å². The van der Waals surface area contributed by atoms with Crippen molar-refractivity contribution in [2.45, 2.75) is 63.5 Å². The summed E-state index contributed by atoms with van der Waals surface area (Å²) in [6.45, 7) is 5.60. The van der Waals surface area contributed by atoms with Crippen molar-refractivity contribution in [2.75, 3.05) is 13.1 Å². The summed E-state index contributed by atoms with van der Waals surface area (Å²) in [4.78, 5) is 39.9. The molecule has 2 fully saturated rings. The molecule has 0 bridgehead atoms. The Bertz CT molecular complexity index is 2180. The Labute approximate surface area is 329 Å². The van der Waals surface area contributed by atoms with Gasteiger partial charge in [-0.25, -0.2) is 8.78 Å². The number of likely N-dealkylation sites (tertiary alicyclic amines) is 1. The minimum atomic E-state index is -0.569. The van der Waals surface area contributed by atoms with Gasteiger partial charge in [0.2, 0.25) is 0 Å². The lowest BCUT2D eigenvalue weighted by Crippen LogP contribution is -2.45. The highest BCUT2D eigenvalue weighted by molar-refractivity contribution is 6.67. The molecule has 0 aliphatic carbocycles. The fraction of sp³-hybridized carbons (Fsp3) is 0.316. The number of aromatic nitrogens is 6. The van der Waals surface area contributed by atoms with E-state index in [0.717, 1.165) is 43.7 Å². The second kappa shape index (κ2) is 18.2. The molecule has 2 aromatic carbocycles. The van der Waals surface area contributed by atoms with E-state index >= 15 is 0 Å². The number of amides is 1. The molecule has 12 nitrogen and oxygen atoms in total. The van der Waals surface area contributed by atoms with Crippen molar-refractivity contribution in [2.24, 2.45) is 0 Å². The SMILES string of the molecule is C[C@@H]1CC[C@H](c2noc(-c3cc(Cl)c[nH]3)n2)CN1.C[C@@H]1CC[C@H](c2noc(-c3cc(Cl)c[nH]3)n2)CN1C(=O)c1ccc(F)cc1.O=C(Cl)c1ccc(F)cc1. The second-order valence-electron chi connectivity index (χ2n) is 13.3. The summed E-state index contributed by atoms with van der Waals surface area (Å²) in [6, 6.07) is 14.8. The van der Waals surface area contributed by atoms with Crippen LogP contribution in [0, 0.1) is 11.6 Å². The zero-order chi connectivity index (χ0) is 39.1. The largest absolute Gasteiger partial charge is 0.356 e. The first-order chi connectivity index (χ1) is 26.4. The quantitative estimate of drug-likeness (QED) is 0.140. The molecule has 17 heteroatoms. The Balaban J connectivity index is 0.000000157. The fourth-order valence-electron chi connectivity index (χ4n) is 6.16. The summed E-state index contributed by atoms with van der Waals surface area (Å²) in [7, 11) is 0. The van der Waals surface area contributed by atoms with Gasteiger partial charge in [0, 0.05) is 60.5 Å². The van der Waals surface area contributed by atoms with Crippen molar-refractivity contribution in [1.29, 1.82) is 0 Å². The van der Waals surface area contributed by atoms with Gasteiger partial charge < -0.3 is 29.2 Å². The van der Waals surface area contributed by atoms with E-state index < -0.39 is 5.24 Å². The van der Waals surface area contributed by atoms with Gasteiger partial charge in [-0.3, -0.25) is 9.59 Å². The molecular weight excluding hydrogens is 777 g/mol. The molecule has 2 aliphatic heterocycles. The van der Waals surface area contributed by atoms with E-state index in [1.54, 1.807) is 29.4 Å². The van der Waals surface area contributed by atoms with Crippen LogP contribution in [0.15, 0.2) is 82.1 Å². The van der Waals surface area contributed by atoms with Crippen molar-refractivity contribution in [3.05, 3.63) is 118 Å². The molecule has 0 radical (unpaired) electrons. The van der Waals surface area contributed by atoms with Gasteiger partial charge in [-0.2, -0.15) is 9.97 Å². The predicted molar refractivity (Wildman–Crippen MR) is 203 cm³/mol. The molecule has 0 spiro atoms. The van der Waals surface area contributed by atoms with E-state index in [2.05, 4.69) is 42.5 Å². The topological polar surface area (TPSA) is 159 Å². The number of nitrogens with one attached hydrogen (secondary N) is 3. The molecule has 0 unspecified atom stereocenters. The van der Waals surface area contributed by atoms with Crippen LogP contribution in [0.25, 0.3) is 23.2 Å². The molecule has 55 heavy (non-hydrogen) atoms. The lowest BCUT2D eigenvalue weighted by atomic mass is 9.92. The number of benzene rings is 2. The maximum absolute atomic E-state index is 13.1. The zero-order valence-electron chi connectivity index (χ0n) is 29.7. The van der Waals surface area contributed by atoms with Gasteiger partial charge >= 0.3 is 0 Å². The summed E-state index contributed by atoms with van der Waals surface area (Å²) in [5, 5.41) is 12.2. The van der Waals surface area contributed by atoms with Crippen LogP contribution in [0.1, 0.15) is 83.7 Å². The highest BCUT2D eigenvalue weighted by Crippen LogP contribution is 2.31. The van der Waals surface area contributed by atoms with Crippen LogP contribution in [-0.2, 0) is 0 Å². The third-order valence-corrected chi connectivity index (χ3v) is 9.99. The minimum Gasteiger partial charge on any atom is -0.356 e. The van der Waals surface area contributed by atoms with Gasteiger partial charge in [-0.15, -0.1) is 0 Å². The fourth-order valence-corrected chi connectivity index (χ4v) is 6.62. The zero-order valence-corrected chi connectivity index (χ0v) is 32.0. The van der Waals surface area contributed by atoms with Crippen molar-refractivity contribution in [1.82, 2.24) is 40.5 Å². The summed E-state index contributed by atoms with van der Waals surface area (Å²) in [5.74, 6) is 1.67. The highest BCUT2D eigenvalue weighted by Gasteiger charge is 2.33. The predicted octanol–water partition coefficient (Wildman–Crippen LogP) is 9.04. The van der Waals surface area contributed by atoms with Crippen LogP contribution in [-0.4, -0.2) is 71.5 Å². The van der Waals surface area contributed by atoms with Gasteiger partial charge in [0.1, 0.15) is 23.0 Å². The molecule has 1 amide bonds. The molecule has 0 saturated carbocycles. The number of hydrogen-bond donors (Lipinski definition) is 3. The highest BCUT2D eigenvalue weighted by atomic mass is 35.5. The first kappa shape index (κ1) is 39.8. The van der Waals surface area contributed by atoms with E-state index in [-0.39, 0.29) is 29.5 Å². The van der Waals surface area contributed by atoms with Crippen molar-refractivity contribution in [3.63, 3.8) is 0 Å². The molecule has 4 atom stereocenters. The van der Waals surface area contributed by atoms with Crippen molar-refractivity contribution >= 4 is 46.0 Å². The Morgan fingerprint density at radius 2 is 1.25 bits per heavy atom. The summed E-state index contributed by atoms with van der Waals surface area (Å²) in [6.07, 6.45) is 7.27. The van der Waals surface area contributed by atoms with Gasteiger partial charge in [-0.1, -0.05) is 33.5 Å². The number of H-pyrrole nitrogens is 2. The smallest absolute Gasteiger partial charge is 0.274 e. The second-order valence-corrected chi connectivity index (χ2v) is 14.5. The minimum absolute atomic E-state index is 0.0199. The van der Waals surface area contributed by atoms with Crippen LogP contribution < -0.4 is 5.32 Å². The number of aromatic amines is 2. The molecule has 4 aromatic heterocycles.